The Hall–Kier alpha value is -1.26. The van der Waals surface area contributed by atoms with Gasteiger partial charge < -0.3 is 5.32 Å². The van der Waals surface area contributed by atoms with Crippen LogP contribution in [0.15, 0.2) is 24.3 Å². The van der Waals surface area contributed by atoms with Crippen molar-refractivity contribution in [3.05, 3.63) is 46.0 Å². The molecule has 1 aromatic carbocycles. The van der Waals surface area contributed by atoms with Gasteiger partial charge in [0.1, 0.15) is 0 Å². The molecule has 0 saturated carbocycles. The van der Waals surface area contributed by atoms with Crippen molar-refractivity contribution >= 4 is 11.5 Å². The van der Waals surface area contributed by atoms with Gasteiger partial charge in [-0.25, -0.2) is 0 Å². The van der Waals surface area contributed by atoms with Crippen LogP contribution in [-0.2, 0) is 12.8 Å². The highest BCUT2D eigenvalue weighted by molar-refractivity contribution is 7.05. The first-order valence-corrected chi connectivity index (χ1v) is 8.62. The van der Waals surface area contributed by atoms with Gasteiger partial charge in [-0.1, -0.05) is 49.0 Å². The Balaban J connectivity index is 2.21. The van der Waals surface area contributed by atoms with E-state index in [1.165, 1.54) is 21.7 Å². The van der Waals surface area contributed by atoms with E-state index in [1.54, 1.807) is 11.5 Å². The number of hydrogen-bond donors (Lipinski definition) is 1. The van der Waals surface area contributed by atoms with Gasteiger partial charge in [0.2, 0.25) is 0 Å². The third-order valence-corrected chi connectivity index (χ3v) is 4.59. The monoisotopic (exact) mass is 303 g/mol. The summed E-state index contributed by atoms with van der Waals surface area (Å²) in [6, 6.07) is 8.96. The number of nitrogens with one attached hydrogen (secondary N) is 1. The fourth-order valence-corrected chi connectivity index (χ4v) is 3.30. The van der Waals surface area contributed by atoms with Crippen LogP contribution in [0.1, 0.15) is 54.4 Å². The molecule has 2 aromatic rings. The van der Waals surface area contributed by atoms with E-state index in [2.05, 4.69) is 59.9 Å². The Morgan fingerprint density at radius 1 is 1.19 bits per heavy atom. The van der Waals surface area contributed by atoms with E-state index in [0.717, 1.165) is 32.2 Å². The van der Waals surface area contributed by atoms with Gasteiger partial charge in [0.15, 0.2) is 0 Å². The molecule has 3 nitrogen and oxygen atoms in total. The minimum Gasteiger partial charge on any atom is -0.309 e. The minimum absolute atomic E-state index is 0.326. The molecule has 4 heteroatoms. The molecule has 0 bridgehead atoms. The number of aryl methyl sites for hydroxylation is 2. The van der Waals surface area contributed by atoms with Crippen LogP contribution in [0.4, 0.5) is 0 Å². The summed E-state index contributed by atoms with van der Waals surface area (Å²) in [7, 11) is 0. The van der Waals surface area contributed by atoms with E-state index in [4.69, 9.17) is 0 Å². The molecule has 0 fully saturated rings. The smallest absolute Gasteiger partial charge is 0.0803 e. The summed E-state index contributed by atoms with van der Waals surface area (Å²) in [6.45, 7) is 7.61. The Morgan fingerprint density at radius 2 is 2.00 bits per heavy atom. The van der Waals surface area contributed by atoms with Crippen LogP contribution in [0.25, 0.3) is 0 Å². The molecule has 0 aliphatic heterocycles. The predicted octanol–water partition coefficient (Wildman–Crippen LogP) is 4.08. The van der Waals surface area contributed by atoms with Gasteiger partial charge >= 0.3 is 0 Å². The molecule has 114 valence electrons. The van der Waals surface area contributed by atoms with E-state index in [1.807, 2.05) is 0 Å². The highest BCUT2D eigenvalue weighted by atomic mass is 32.1. The van der Waals surface area contributed by atoms with Crippen molar-refractivity contribution in [1.82, 2.24) is 14.9 Å². The van der Waals surface area contributed by atoms with Crippen molar-refractivity contribution in [2.75, 3.05) is 6.54 Å². The molecule has 1 heterocycles. The molecule has 21 heavy (non-hydrogen) atoms. The van der Waals surface area contributed by atoms with Gasteiger partial charge in [-0.2, -0.15) is 0 Å². The zero-order valence-corrected chi connectivity index (χ0v) is 14.0. The largest absolute Gasteiger partial charge is 0.309 e. The summed E-state index contributed by atoms with van der Waals surface area (Å²) in [4.78, 5) is 1.31. The van der Waals surface area contributed by atoms with Crippen molar-refractivity contribution in [2.24, 2.45) is 0 Å². The van der Waals surface area contributed by atoms with Crippen molar-refractivity contribution < 1.29 is 0 Å². The molecular formula is C17H25N3S. The van der Waals surface area contributed by atoms with Gasteiger partial charge in [-0.3, -0.25) is 0 Å². The molecule has 1 N–H and O–H groups in total. The summed E-state index contributed by atoms with van der Waals surface area (Å²) in [5.74, 6) is 0. The van der Waals surface area contributed by atoms with E-state index in [9.17, 15) is 0 Å². The number of hydrogen-bond acceptors (Lipinski definition) is 4. The summed E-state index contributed by atoms with van der Waals surface area (Å²) < 4.78 is 4.19. The molecule has 1 atom stereocenters. The lowest BCUT2D eigenvalue weighted by Gasteiger charge is -2.19. The Kier molecular flexibility index (Phi) is 6.33. The molecule has 0 aliphatic rings. The maximum absolute atomic E-state index is 4.33. The third-order valence-electron chi connectivity index (χ3n) is 3.71. The van der Waals surface area contributed by atoms with Gasteiger partial charge in [0.25, 0.3) is 0 Å². The fraction of sp³-hybridized carbons (Fsp3) is 0.529. The van der Waals surface area contributed by atoms with Gasteiger partial charge in [0.05, 0.1) is 10.6 Å². The van der Waals surface area contributed by atoms with Crippen molar-refractivity contribution in [3.8, 4) is 0 Å². The Labute approximate surface area is 132 Å². The zero-order chi connectivity index (χ0) is 15.1. The average Bonchev–Trinajstić information content (AvgIpc) is 2.94. The normalized spacial score (nSPS) is 12.5. The minimum atomic E-state index is 0.326. The van der Waals surface area contributed by atoms with Gasteiger partial charge in [-0.05, 0) is 55.4 Å². The zero-order valence-electron chi connectivity index (χ0n) is 13.2. The maximum Gasteiger partial charge on any atom is 0.0803 e. The van der Waals surface area contributed by atoms with Crippen LogP contribution in [0.2, 0.25) is 0 Å². The van der Waals surface area contributed by atoms with E-state index >= 15 is 0 Å². The van der Waals surface area contributed by atoms with Crippen LogP contribution in [0.5, 0.6) is 0 Å². The molecule has 0 amide bonds. The van der Waals surface area contributed by atoms with Crippen LogP contribution < -0.4 is 5.32 Å². The lowest BCUT2D eigenvalue weighted by molar-refractivity contribution is 0.530. The SMILES string of the molecule is CCCNC(Cc1ccccc1C)c1snnc1CCC. The second-order valence-electron chi connectivity index (χ2n) is 5.47. The first kappa shape index (κ1) is 16.1. The number of nitrogens with zero attached hydrogens (tertiary/aromatic N) is 2. The molecule has 2 rings (SSSR count). The lowest BCUT2D eigenvalue weighted by Crippen LogP contribution is -2.24. The highest BCUT2D eigenvalue weighted by Gasteiger charge is 2.19. The van der Waals surface area contributed by atoms with E-state index < -0.39 is 0 Å². The fourth-order valence-electron chi connectivity index (χ4n) is 2.53. The number of aromatic nitrogens is 2. The van der Waals surface area contributed by atoms with Crippen molar-refractivity contribution in [1.29, 1.82) is 0 Å². The second-order valence-corrected chi connectivity index (χ2v) is 6.26. The number of rotatable bonds is 8. The van der Waals surface area contributed by atoms with Crippen molar-refractivity contribution in [2.45, 2.75) is 52.5 Å². The predicted molar refractivity (Wildman–Crippen MR) is 89.8 cm³/mol. The lowest BCUT2D eigenvalue weighted by atomic mass is 9.99. The first-order chi connectivity index (χ1) is 10.3. The highest BCUT2D eigenvalue weighted by Crippen LogP contribution is 2.26. The van der Waals surface area contributed by atoms with Crippen LogP contribution in [-0.4, -0.2) is 16.1 Å². The van der Waals surface area contributed by atoms with Gasteiger partial charge in [-0.15, -0.1) is 5.10 Å². The van der Waals surface area contributed by atoms with E-state index in [0.29, 0.717) is 6.04 Å². The quantitative estimate of drug-likeness (QED) is 0.798. The molecule has 1 unspecified atom stereocenters. The molecule has 0 radical (unpaired) electrons. The summed E-state index contributed by atoms with van der Waals surface area (Å²) in [5, 5.41) is 8.00. The summed E-state index contributed by atoms with van der Waals surface area (Å²) in [5.41, 5.74) is 3.93. The summed E-state index contributed by atoms with van der Waals surface area (Å²) >= 11 is 1.55. The maximum atomic E-state index is 4.33. The van der Waals surface area contributed by atoms with Crippen molar-refractivity contribution in [3.63, 3.8) is 0 Å². The molecule has 0 spiro atoms. The first-order valence-electron chi connectivity index (χ1n) is 7.85. The molecule has 0 aliphatic carbocycles. The molecule has 1 aromatic heterocycles. The van der Waals surface area contributed by atoms with Crippen LogP contribution in [0.3, 0.4) is 0 Å². The topological polar surface area (TPSA) is 37.8 Å². The average molecular weight is 303 g/mol. The van der Waals surface area contributed by atoms with E-state index in [-0.39, 0.29) is 0 Å². The van der Waals surface area contributed by atoms with Crippen LogP contribution in [0, 0.1) is 6.92 Å². The third kappa shape index (κ3) is 4.35. The Bertz CT molecular complexity index is 550. The second kappa shape index (κ2) is 8.25. The molecular weight excluding hydrogens is 278 g/mol. The Morgan fingerprint density at radius 3 is 2.71 bits per heavy atom. The number of benzene rings is 1. The molecule has 0 saturated heterocycles. The standard InChI is InChI=1S/C17H25N3S/c1-4-8-15-17(21-20-19-15)16(18-11-5-2)12-14-10-7-6-9-13(14)3/h6-7,9-10,16,18H,4-5,8,11-12H2,1-3H3. The van der Waals surface area contributed by atoms with Crippen LogP contribution >= 0.6 is 11.5 Å². The summed E-state index contributed by atoms with van der Waals surface area (Å²) in [6.07, 6.45) is 4.28. The van der Waals surface area contributed by atoms with Gasteiger partial charge in [0, 0.05) is 6.04 Å².